The molecule has 9 aromatic rings. The largest absolute Gasteiger partial charge is 0.309 e. The van der Waals surface area contributed by atoms with Gasteiger partial charge in [-0.05, 0) is 69.8 Å². The Labute approximate surface area is 303 Å². The third-order valence-electron chi connectivity index (χ3n) is 10.9. The van der Waals surface area contributed by atoms with E-state index >= 15 is 0 Å². The van der Waals surface area contributed by atoms with E-state index in [0.717, 1.165) is 45.2 Å². The summed E-state index contributed by atoms with van der Waals surface area (Å²) in [6.07, 6.45) is 0. The summed E-state index contributed by atoms with van der Waals surface area (Å²) in [5, 5.41) is 2.54. The van der Waals surface area contributed by atoms with Crippen LogP contribution < -0.4 is 0 Å². The topological polar surface area (TPSA) is 30.7 Å². The maximum atomic E-state index is 5.14. The fraction of sp³-hybridized carbons (Fsp3) is 0.0612. The molecule has 1 aliphatic carbocycles. The molecule has 3 heteroatoms. The molecule has 0 aliphatic heterocycles. The molecule has 1 aliphatic rings. The molecule has 0 fully saturated rings. The number of benzene rings is 7. The summed E-state index contributed by atoms with van der Waals surface area (Å²) in [5.74, 6) is 0.723. The average Bonchev–Trinajstić information content (AvgIpc) is 3.66. The van der Waals surface area contributed by atoms with Crippen molar-refractivity contribution in [2.75, 3.05) is 0 Å². The second-order valence-corrected chi connectivity index (χ2v) is 14.3. The SMILES string of the molecule is CC1(C)c2ccccc2-c2ccc(-c3cc(-c4ccc(-c5ccc(-n6c7ccccc7c7ccccc76)cc5)cc4)nc(-c4ccccc4)n3)cc21. The first-order valence-electron chi connectivity index (χ1n) is 17.9. The first-order chi connectivity index (χ1) is 25.5. The molecule has 0 spiro atoms. The van der Waals surface area contributed by atoms with Crippen LogP contribution in [0.2, 0.25) is 0 Å². The number of hydrogen-bond acceptors (Lipinski definition) is 2. The minimum absolute atomic E-state index is 0.0858. The predicted octanol–water partition coefficient (Wildman–Crippen LogP) is 12.5. The molecule has 246 valence electrons. The van der Waals surface area contributed by atoms with E-state index in [4.69, 9.17) is 9.97 Å². The van der Waals surface area contributed by atoms with Crippen LogP contribution in [0.5, 0.6) is 0 Å². The van der Waals surface area contributed by atoms with E-state index in [2.05, 4.69) is 176 Å². The van der Waals surface area contributed by atoms with Crippen LogP contribution in [0.3, 0.4) is 0 Å². The normalized spacial score (nSPS) is 13.0. The molecule has 0 bridgehead atoms. The number of aromatic nitrogens is 3. The van der Waals surface area contributed by atoms with Gasteiger partial charge in [0.15, 0.2) is 5.82 Å². The van der Waals surface area contributed by atoms with Crippen molar-refractivity contribution in [2.24, 2.45) is 0 Å². The Morgan fingerprint density at radius 3 is 1.62 bits per heavy atom. The molecule has 52 heavy (non-hydrogen) atoms. The fourth-order valence-corrected chi connectivity index (χ4v) is 8.16. The van der Waals surface area contributed by atoms with Gasteiger partial charge in [0.2, 0.25) is 0 Å². The van der Waals surface area contributed by atoms with Gasteiger partial charge in [0.05, 0.1) is 22.4 Å². The third kappa shape index (κ3) is 4.81. The molecule has 0 saturated carbocycles. The van der Waals surface area contributed by atoms with Crippen molar-refractivity contribution in [1.82, 2.24) is 14.5 Å². The molecule has 0 N–H and O–H groups in total. The highest BCUT2D eigenvalue weighted by molar-refractivity contribution is 6.09. The monoisotopic (exact) mass is 665 g/mol. The Balaban J connectivity index is 1.01. The first kappa shape index (κ1) is 30.3. The number of fused-ring (bicyclic) bond motifs is 6. The Morgan fingerprint density at radius 1 is 0.404 bits per heavy atom. The van der Waals surface area contributed by atoms with E-state index in [9.17, 15) is 0 Å². The van der Waals surface area contributed by atoms with Gasteiger partial charge < -0.3 is 4.57 Å². The van der Waals surface area contributed by atoms with Crippen molar-refractivity contribution in [3.05, 3.63) is 187 Å². The second kappa shape index (κ2) is 11.8. The fourth-order valence-electron chi connectivity index (χ4n) is 8.16. The maximum Gasteiger partial charge on any atom is 0.160 e. The number of para-hydroxylation sites is 2. The lowest BCUT2D eigenvalue weighted by Gasteiger charge is -2.22. The van der Waals surface area contributed by atoms with Crippen LogP contribution in [-0.4, -0.2) is 14.5 Å². The summed E-state index contributed by atoms with van der Waals surface area (Å²) in [6, 6.07) is 62.9. The Bertz CT molecular complexity index is 2740. The molecular formula is C49H35N3. The quantitative estimate of drug-likeness (QED) is 0.183. The molecule has 0 saturated heterocycles. The molecule has 2 heterocycles. The average molecular weight is 666 g/mol. The summed E-state index contributed by atoms with van der Waals surface area (Å²) in [6.45, 7) is 4.64. The van der Waals surface area contributed by atoms with Gasteiger partial charge in [-0.2, -0.15) is 0 Å². The van der Waals surface area contributed by atoms with Crippen molar-refractivity contribution in [1.29, 1.82) is 0 Å². The van der Waals surface area contributed by atoms with Crippen LogP contribution in [0.25, 0.3) is 83.6 Å². The Hall–Kier alpha value is -6.58. The lowest BCUT2D eigenvalue weighted by atomic mass is 9.82. The van der Waals surface area contributed by atoms with Crippen LogP contribution in [0.1, 0.15) is 25.0 Å². The number of rotatable bonds is 5. The van der Waals surface area contributed by atoms with Crippen LogP contribution in [0.4, 0.5) is 0 Å². The smallest absolute Gasteiger partial charge is 0.160 e. The standard InChI is InChI=1S/C49H35N3/c1-49(2)42-17-9-6-14-38(42)39-29-26-36(30-43(39)49)45-31-44(50-48(51-45)35-12-4-3-5-13-35)34-22-20-32(21-23-34)33-24-27-37(28-25-33)52-46-18-10-7-15-40(46)41-16-8-11-19-47(41)52/h3-31H,1-2H3. The molecule has 0 radical (unpaired) electrons. The van der Waals surface area contributed by atoms with Gasteiger partial charge in [0.25, 0.3) is 0 Å². The van der Waals surface area contributed by atoms with E-state index in [0.29, 0.717) is 0 Å². The molecule has 3 nitrogen and oxygen atoms in total. The van der Waals surface area contributed by atoms with Crippen LogP contribution in [0.15, 0.2) is 176 Å². The zero-order chi connectivity index (χ0) is 34.8. The van der Waals surface area contributed by atoms with Gasteiger partial charge in [0.1, 0.15) is 0 Å². The molecule has 0 atom stereocenters. The summed E-state index contributed by atoms with van der Waals surface area (Å²) in [7, 11) is 0. The van der Waals surface area contributed by atoms with Crippen molar-refractivity contribution in [3.8, 4) is 61.8 Å². The maximum absolute atomic E-state index is 5.14. The zero-order valence-corrected chi connectivity index (χ0v) is 29.1. The molecule has 7 aromatic carbocycles. The van der Waals surface area contributed by atoms with Gasteiger partial charge in [-0.3, -0.25) is 0 Å². The van der Waals surface area contributed by atoms with E-state index in [-0.39, 0.29) is 5.41 Å². The molecule has 0 amide bonds. The molecule has 10 rings (SSSR count). The van der Waals surface area contributed by atoms with Crippen molar-refractivity contribution in [2.45, 2.75) is 19.3 Å². The van der Waals surface area contributed by atoms with Crippen molar-refractivity contribution in [3.63, 3.8) is 0 Å². The van der Waals surface area contributed by atoms with Gasteiger partial charge in [-0.25, -0.2) is 9.97 Å². The third-order valence-corrected chi connectivity index (χ3v) is 10.9. The predicted molar refractivity (Wildman–Crippen MR) is 216 cm³/mol. The van der Waals surface area contributed by atoms with E-state index in [1.807, 2.05) is 18.2 Å². The van der Waals surface area contributed by atoms with Crippen LogP contribution in [-0.2, 0) is 5.41 Å². The highest BCUT2D eigenvalue weighted by Crippen LogP contribution is 2.49. The minimum atomic E-state index is -0.0858. The summed E-state index contributed by atoms with van der Waals surface area (Å²) in [5.41, 5.74) is 16.1. The highest BCUT2D eigenvalue weighted by Gasteiger charge is 2.35. The summed E-state index contributed by atoms with van der Waals surface area (Å²) >= 11 is 0. The van der Waals surface area contributed by atoms with Crippen LogP contribution in [0, 0.1) is 0 Å². The lowest BCUT2D eigenvalue weighted by Crippen LogP contribution is -2.14. The van der Waals surface area contributed by atoms with Gasteiger partial charge in [-0.1, -0.05) is 153 Å². The van der Waals surface area contributed by atoms with Crippen LogP contribution >= 0.6 is 0 Å². The first-order valence-corrected chi connectivity index (χ1v) is 17.9. The zero-order valence-electron chi connectivity index (χ0n) is 29.1. The van der Waals surface area contributed by atoms with Gasteiger partial charge >= 0.3 is 0 Å². The highest BCUT2D eigenvalue weighted by atomic mass is 15.0. The Kier molecular flexibility index (Phi) is 6.84. The lowest BCUT2D eigenvalue weighted by molar-refractivity contribution is 0.660. The van der Waals surface area contributed by atoms with Gasteiger partial charge in [-0.15, -0.1) is 0 Å². The summed E-state index contributed by atoms with van der Waals surface area (Å²) < 4.78 is 2.36. The molecule has 0 unspecified atom stereocenters. The second-order valence-electron chi connectivity index (χ2n) is 14.3. The Morgan fingerprint density at radius 2 is 0.923 bits per heavy atom. The molecule has 2 aromatic heterocycles. The van der Waals surface area contributed by atoms with E-state index in [1.165, 1.54) is 49.6 Å². The number of hydrogen-bond donors (Lipinski definition) is 0. The van der Waals surface area contributed by atoms with Crippen molar-refractivity contribution < 1.29 is 0 Å². The minimum Gasteiger partial charge on any atom is -0.309 e. The summed E-state index contributed by atoms with van der Waals surface area (Å²) in [4.78, 5) is 10.3. The van der Waals surface area contributed by atoms with E-state index in [1.54, 1.807) is 0 Å². The molecular weight excluding hydrogens is 631 g/mol. The number of nitrogens with zero attached hydrogens (tertiary/aromatic N) is 3. The van der Waals surface area contributed by atoms with Crippen molar-refractivity contribution >= 4 is 21.8 Å². The van der Waals surface area contributed by atoms with E-state index < -0.39 is 0 Å². The van der Waals surface area contributed by atoms with Gasteiger partial charge in [0, 0.05) is 38.6 Å².